The number of nitro benzene ring substituents is 1. The van der Waals surface area contributed by atoms with Crippen LogP contribution in [0.2, 0.25) is 0 Å². The van der Waals surface area contributed by atoms with Gasteiger partial charge in [-0.1, -0.05) is 26.0 Å². The zero-order valence-electron chi connectivity index (χ0n) is 10.1. The average Bonchev–Trinajstić information content (AvgIpc) is 2.26. The standard InChI is InChI=1S/C12H17N3O2/c1-8(2)9(3)7-14-11-5-4-10(13)6-12(11)15(16)17/h4-6,8,14H,3,7,13H2,1-2H3. The van der Waals surface area contributed by atoms with Gasteiger partial charge in [-0.05, 0) is 18.1 Å². The van der Waals surface area contributed by atoms with E-state index < -0.39 is 4.92 Å². The second kappa shape index (κ2) is 5.34. The molecule has 17 heavy (non-hydrogen) atoms. The van der Waals surface area contributed by atoms with Crippen LogP contribution in [0, 0.1) is 16.0 Å². The van der Waals surface area contributed by atoms with Crippen LogP contribution < -0.4 is 11.1 Å². The molecule has 1 aromatic carbocycles. The van der Waals surface area contributed by atoms with Crippen molar-refractivity contribution < 1.29 is 4.92 Å². The van der Waals surface area contributed by atoms with Crippen molar-refractivity contribution in [1.82, 2.24) is 0 Å². The fourth-order valence-electron chi connectivity index (χ4n) is 1.26. The molecule has 92 valence electrons. The molecule has 0 atom stereocenters. The van der Waals surface area contributed by atoms with Crippen molar-refractivity contribution in [2.24, 2.45) is 5.92 Å². The summed E-state index contributed by atoms with van der Waals surface area (Å²) in [5, 5.41) is 13.8. The minimum atomic E-state index is -0.448. The third-order valence-electron chi connectivity index (χ3n) is 2.54. The van der Waals surface area contributed by atoms with Gasteiger partial charge < -0.3 is 11.1 Å². The minimum Gasteiger partial charge on any atom is -0.399 e. The zero-order chi connectivity index (χ0) is 13.0. The molecule has 0 heterocycles. The van der Waals surface area contributed by atoms with Crippen LogP contribution in [0.15, 0.2) is 30.4 Å². The maximum atomic E-state index is 10.8. The molecule has 0 amide bonds. The van der Waals surface area contributed by atoms with Crippen molar-refractivity contribution in [1.29, 1.82) is 0 Å². The number of benzene rings is 1. The van der Waals surface area contributed by atoms with Crippen LogP contribution in [0.4, 0.5) is 17.1 Å². The first-order valence-electron chi connectivity index (χ1n) is 5.37. The summed E-state index contributed by atoms with van der Waals surface area (Å²) in [5.41, 5.74) is 7.35. The molecule has 0 aliphatic carbocycles. The minimum absolute atomic E-state index is 0.0124. The van der Waals surface area contributed by atoms with Gasteiger partial charge in [0.25, 0.3) is 5.69 Å². The fourth-order valence-corrected chi connectivity index (χ4v) is 1.26. The number of anilines is 2. The van der Waals surface area contributed by atoms with Crippen LogP contribution in [-0.4, -0.2) is 11.5 Å². The van der Waals surface area contributed by atoms with Gasteiger partial charge in [-0.2, -0.15) is 0 Å². The Balaban J connectivity index is 2.84. The highest BCUT2D eigenvalue weighted by molar-refractivity contribution is 5.67. The Labute approximate surface area is 100 Å². The lowest BCUT2D eigenvalue weighted by Gasteiger charge is -2.12. The third kappa shape index (κ3) is 3.48. The SMILES string of the molecule is C=C(CNc1ccc(N)cc1[N+](=O)[O-])C(C)C. The van der Waals surface area contributed by atoms with Gasteiger partial charge in [-0.25, -0.2) is 0 Å². The van der Waals surface area contributed by atoms with Crippen LogP contribution in [0.5, 0.6) is 0 Å². The van der Waals surface area contributed by atoms with E-state index in [0.29, 0.717) is 23.8 Å². The fraction of sp³-hybridized carbons (Fsp3) is 0.333. The molecule has 3 N–H and O–H groups in total. The van der Waals surface area contributed by atoms with Crippen molar-refractivity contribution in [3.05, 3.63) is 40.5 Å². The Hall–Kier alpha value is -2.04. The summed E-state index contributed by atoms with van der Waals surface area (Å²) in [6.07, 6.45) is 0. The number of nitrogens with zero attached hydrogens (tertiary/aromatic N) is 1. The summed E-state index contributed by atoms with van der Waals surface area (Å²) in [6.45, 7) is 8.48. The number of nitrogens with two attached hydrogens (primary N) is 1. The molecule has 0 fully saturated rings. The smallest absolute Gasteiger partial charge is 0.294 e. The average molecular weight is 235 g/mol. The first-order chi connectivity index (χ1) is 7.91. The number of hydrogen-bond donors (Lipinski definition) is 2. The lowest BCUT2D eigenvalue weighted by atomic mass is 10.1. The van der Waals surface area contributed by atoms with E-state index in [-0.39, 0.29) is 5.69 Å². The van der Waals surface area contributed by atoms with Gasteiger partial charge in [0.2, 0.25) is 0 Å². The number of rotatable bonds is 5. The summed E-state index contributed by atoms with van der Waals surface area (Å²) < 4.78 is 0. The Kier molecular flexibility index (Phi) is 4.09. The van der Waals surface area contributed by atoms with E-state index in [1.165, 1.54) is 6.07 Å². The quantitative estimate of drug-likeness (QED) is 0.356. The first kappa shape index (κ1) is 13.0. The molecule has 5 nitrogen and oxygen atoms in total. The normalized spacial score (nSPS) is 10.3. The molecule has 0 spiro atoms. The van der Waals surface area contributed by atoms with Crippen LogP contribution >= 0.6 is 0 Å². The molecule has 5 heteroatoms. The first-order valence-corrected chi connectivity index (χ1v) is 5.37. The molecule has 1 rings (SSSR count). The van der Waals surface area contributed by atoms with Gasteiger partial charge in [-0.15, -0.1) is 0 Å². The van der Waals surface area contributed by atoms with E-state index in [9.17, 15) is 10.1 Å². The lowest BCUT2D eigenvalue weighted by molar-refractivity contribution is -0.383. The van der Waals surface area contributed by atoms with E-state index in [1.54, 1.807) is 12.1 Å². The van der Waals surface area contributed by atoms with Crippen molar-refractivity contribution >= 4 is 17.1 Å². The highest BCUT2D eigenvalue weighted by atomic mass is 16.6. The summed E-state index contributed by atoms with van der Waals surface area (Å²) in [7, 11) is 0. The molecular weight excluding hydrogens is 218 g/mol. The summed E-state index contributed by atoms with van der Waals surface area (Å²) in [6, 6.07) is 4.59. The molecule has 0 unspecified atom stereocenters. The van der Waals surface area contributed by atoms with Gasteiger partial charge >= 0.3 is 0 Å². The second-order valence-electron chi connectivity index (χ2n) is 4.20. The Bertz CT molecular complexity index is 441. The summed E-state index contributed by atoms with van der Waals surface area (Å²) in [5.74, 6) is 0.343. The Morgan fingerprint density at radius 1 is 1.59 bits per heavy atom. The van der Waals surface area contributed by atoms with Gasteiger partial charge in [0.1, 0.15) is 5.69 Å². The zero-order valence-corrected chi connectivity index (χ0v) is 10.1. The highest BCUT2D eigenvalue weighted by Gasteiger charge is 2.13. The molecule has 0 aromatic heterocycles. The van der Waals surface area contributed by atoms with E-state index in [2.05, 4.69) is 11.9 Å². The summed E-state index contributed by atoms with van der Waals surface area (Å²) >= 11 is 0. The van der Waals surface area contributed by atoms with E-state index in [4.69, 9.17) is 5.73 Å². The van der Waals surface area contributed by atoms with Crippen LogP contribution in [0.1, 0.15) is 13.8 Å². The van der Waals surface area contributed by atoms with Gasteiger partial charge in [0.05, 0.1) is 4.92 Å². The summed E-state index contributed by atoms with van der Waals surface area (Å²) in [4.78, 5) is 10.4. The number of nitro groups is 1. The van der Waals surface area contributed by atoms with Crippen molar-refractivity contribution in [3.8, 4) is 0 Å². The maximum Gasteiger partial charge on any atom is 0.294 e. The lowest BCUT2D eigenvalue weighted by Crippen LogP contribution is -2.09. The molecule has 0 bridgehead atoms. The number of hydrogen-bond acceptors (Lipinski definition) is 4. The van der Waals surface area contributed by atoms with Crippen molar-refractivity contribution in [2.75, 3.05) is 17.6 Å². The topological polar surface area (TPSA) is 81.2 Å². The predicted octanol–water partition coefficient (Wildman–Crippen LogP) is 2.80. The van der Waals surface area contributed by atoms with Crippen LogP contribution in [0.3, 0.4) is 0 Å². The van der Waals surface area contributed by atoms with Gasteiger partial charge in [0, 0.05) is 18.3 Å². The Morgan fingerprint density at radius 3 is 2.76 bits per heavy atom. The maximum absolute atomic E-state index is 10.8. The third-order valence-corrected chi connectivity index (χ3v) is 2.54. The van der Waals surface area contributed by atoms with E-state index in [0.717, 1.165) is 5.57 Å². The highest BCUT2D eigenvalue weighted by Crippen LogP contribution is 2.26. The monoisotopic (exact) mass is 235 g/mol. The van der Waals surface area contributed by atoms with Gasteiger partial charge in [-0.3, -0.25) is 10.1 Å². The predicted molar refractivity (Wildman–Crippen MR) is 70.0 cm³/mol. The molecule has 1 aromatic rings. The number of nitrogen functional groups attached to an aromatic ring is 1. The Morgan fingerprint density at radius 2 is 2.24 bits per heavy atom. The second-order valence-corrected chi connectivity index (χ2v) is 4.20. The van der Waals surface area contributed by atoms with E-state index >= 15 is 0 Å². The van der Waals surface area contributed by atoms with Gasteiger partial charge in [0.15, 0.2) is 0 Å². The molecule has 0 radical (unpaired) electrons. The van der Waals surface area contributed by atoms with Crippen LogP contribution in [0.25, 0.3) is 0 Å². The molecule has 0 aliphatic heterocycles. The van der Waals surface area contributed by atoms with Crippen LogP contribution in [-0.2, 0) is 0 Å². The largest absolute Gasteiger partial charge is 0.399 e. The molecular formula is C12H17N3O2. The molecule has 0 saturated heterocycles. The van der Waals surface area contributed by atoms with E-state index in [1.807, 2.05) is 13.8 Å². The number of nitrogens with one attached hydrogen (secondary N) is 1. The van der Waals surface area contributed by atoms with Crippen molar-refractivity contribution in [3.63, 3.8) is 0 Å². The molecule has 0 aliphatic rings. The van der Waals surface area contributed by atoms with Crippen molar-refractivity contribution in [2.45, 2.75) is 13.8 Å². The molecule has 0 saturated carbocycles.